The summed E-state index contributed by atoms with van der Waals surface area (Å²) in [5.74, 6) is 1.56. The Morgan fingerprint density at radius 1 is 1.37 bits per heavy atom. The summed E-state index contributed by atoms with van der Waals surface area (Å²) in [7, 11) is 1.65. The molecule has 0 radical (unpaired) electrons. The summed E-state index contributed by atoms with van der Waals surface area (Å²) in [6.07, 6.45) is 1.77. The van der Waals surface area contributed by atoms with Crippen molar-refractivity contribution in [3.63, 3.8) is 0 Å². The summed E-state index contributed by atoms with van der Waals surface area (Å²) in [6.45, 7) is 1.95. The summed E-state index contributed by atoms with van der Waals surface area (Å²) < 4.78 is 5.20. The second-order valence-corrected chi connectivity index (χ2v) is 5.16. The largest absolute Gasteiger partial charge is 0.497 e. The SMILES string of the molecule is COc1cccc(C(N)CSc2nccc(C)n2)c1. The molecule has 1 heterocycles. The van der Waals surface area contributed by atoms with Crippen molar-refractivity contribution in [1.82, 2.24) is 9.97 Å². The number of nitrogens with two attached hydrogens (primary N) is 1. The Hall–Kier alpha value is -1.59. The van der Waals surface area contributed by atoms with Crippen LogP contribution in [0, 0.1) is 6.92 Å². The number of nitrogens with zero attached hydrogens (tertiary/aromatic N) is 2. The molecule has 0 amide bonds. The van der Waals surface area contributed by atoms with E-state index in [2.05, 4.69) is 9.97 Å². The molecule has 2 aromatic rings. The summed E-state index contributed by atoms with van der Waals surface area (Å²) in [6, 6.07) is 9.64. The first-order valence-electron chi connectivity index (χ1n) is 6.01. The number of aromatic nitrogens is 2. The number of hydrogen-bond donors (Lipinski definition) is 1. The van der Waals surface area contributed by atoms with E-state index in [9.17, 15) is 0 Å². The van der Waals surface area contributed by atoms with Crippen LogP contribution in [-0.4, -0.2) is 22.8 Å². The number of rotatable bonds is 5. The molecule has 0 aliphatic rings. The van der Waals surface area contributed by atoms with E-state index < -0.39 is 0 Å². The Morgan fingerprint density at radius 3 is 2.95 bits per heavy atom. The van der Waals surface area contributed by atoms with Gasteiger partial charge in [0.15, 0.2) is 5.16 Å². The Labute approximate surface area is 117 Å². The smallest absolute Gasteiger partial charge is 0.187 e. The molecular formula is C14H17N3OS. The van der Waals surface area contributed by atoms with Crippen molar-refractivity contribution in [1.29, 1.82) is 0 Å². The van der Waals surface area contributed by atoms with E-state index in [1.807, 2.05) is 37.3 Å². The van der Waals surface area contributed by atoms with Crippen molar-refractivity contribution >= 4 is 11.8 Å². The molecule has 0 bridgehead atoms. The maximum atomic E-state index is 6.17. The molecule has 1 aromatic carbocycles. The van der Waals surface area contributed by atoms with Crippen LogP contribution >= 0.6 is 11.8 Å². The van der Waals surface area contributed by atoms with Gasteiger partial charge in [-0.2, -0.15) is 0 Å². The van der Waals surface area contributed by atoms with Crippen molar-refractivity contribution in [2.75, 3.05) is 12.9 Å². The minimum Gasteiger partial charge on any atom is -0.497 e. The normalized spacial score (nSPS) is 12.2. The second kappa shape index (κ2) is 6.54. The Balaban J connectivity index is 1.99. The topological polar surface area (TPSA) is 61.0 Å². The van der Waals surface area contributed by atoms with Crippen LogP contribution in [0.15, 0.2) is 41.7 Å². The fraction of sp³-hybridized carbons (Fsp3) is 0.286. The van der Waals surface area contributed by atoms with Crippen molar-refractivity contribution < 1.29 is 4.74 Å². The molecule has 1 unspecified atom stereocenters. The number of ether oxygens (including phenoxy) is 1. The van der Waals surface area contributed by atoms with Gasteiger partial charge in [0.1, 0.15) is 5.75 Å². The third-order valence-electron chi connectivity index (χ3n) is 2.69. The van der Waals surface area contributed by atoms with Crippen LogP contribution in [0.5, 0.6) is 5.75 Å². The van der Waals surface area contributed by atoms with Gasteiger partial charge in [0, 0.05) is 23.7 Å². The van der Waals surface area contributed by atoms with E-state index in [-0.39, 0.29) is 6.04 Å². The summed E-state index contributed by atoms with van der Waals surface area (Å²) in [5.41, 5.74) is 8.19. The first-order valence-corrected chi connectivity index (χ1v) is 6.99. The first kappa shape index (κ1) is 13.8. The predicted molar refractivity (Wildman–Crippen MR) is 77.4 cm³/mol. The molecule has 0 aliphatic carbocycles. The van der Waals surface area contributed by atoms with Crippen LogP contribution in [0.3, 0.4) is 0 Å². The lowest BCUT2D eigenvalue weighted by atomic mass is 10.1. The molecule has 0 saturated carbocycles. The summed E-state index contributed by atoms with van der Waals surface area (Å²) in [5, 5.41) is 0.762. The molecule has 0 fully saturated rings. The maximum absolute atomic E-state index is 6.17. The number of benzene rings is 1. The molecule has 0 spiro atoms. The molecule has 100 valence electrons. The van der Waals surface area contributed by atoms with Crippen molar-refractivity contribution in [2.24, 2.45) is 5.73 Å². The molecular weight excluding hydrogens is 258 g/mol. The van der Waals surface area contributed by atoms with E-state index in [0.29, 0.717) is 0 Å². The molecule has 2 rings (SSSR count). The number of thioether (sulfide) groups is 1. The van der Waals surface area contributed by atoms with Crippen molar-refractivity contribution in [2.45, 2.75) is 18.1 Å². The molecule has 2 N–H and O–H groups in total. The molecule has 0 saturated heterocycles. The minimum atomic E-state index is -0.0655. The fourth-order valence-electron chi connectivity index (χ4n) is 1.63. The predicted octanol–water partition coefficient (Wildman–Crippen LogP) is 2.59. The molecule has 5 heteroatoms. The van der Waals surface area contributed by atoms with Gasteiger partial charge in [-0.15, -0.1) is 0 Å². The van der Waals surface area contributed by atoms with Gasteiger partial charge in [-0.3, -0.25) is 0 Å². The fourth-order valence-corrected chi connectivity index (χ4v) is 2.49. The van der Waals surface area contributed by atoms with E-state index in [1.54, 1.807) is 25.1 Å². The average Bonchev–Trinajstić information content (AvgIpc) is 2.45. The molecule has 4 nitrogen and oxygen atoms in total. The van der Waals surface area contributed by atoms with Gasteiger partial charge in [0.2, 0.25) is 0 Å². The highest BCUT2D eigenvalue weighted by Crippen LogP contribution is 2.23. The van der Waals surface area contributed by atoms with E-state index in [1.165, 1.54) is 0 Å². The van der Waals surface area contributed by atoms with Gasteiger partial charge < -0.3 is 10.5 Å². The molecule has 0 aliphatic heterocycles. The Kier molecular flexibility index (Phi) is 4.76. The van der Waals surface area contributed by atoms with Crippen molar-refractivity contribution in [3.05, 3.63) is 47.8 Å². The monoisotopic (exact) mass is 275 g/mol. The first-order chi connectivity index (χ1) is 9.19. The average molecular weight is 275 g/mol. The highest BCUT2D eigenvalue weighted by Gasteiger charge is 2.09. The molecule has 19 heavy (non-hydrogen) atoms. The van der Waals surface area contributed by atoms with E-state index in [4.69, 9.17) is 10.5 Å². The molecule has 1 aromatic heterocycles. The third-order valence-corrected chi connectivity index (χ3v) is 3.67. The number of hydrogen-bond acceptors (Lipinski definition) is 5. The summed E-state index contributed by atoms with van der Waals surface area (Å²) in [4.78, 5) is 8.55. The van der Waals surface area contributed by atoms with Gasteiger partial charge in [0.25, 0.3) is 0 Å². The standard InChI is InChI=1S/C14H17N3OS/c1-10-6-7-16-14(17-10)19-9-13(15)11-4-3-5-12(8-11)18-2/h3-8,13H,9,15H2,1-2H3. The second-order valence-electron chi connectivity index (χ2n) is 4.17. The zero-order valence-electron chi connectivity index (χ0n) is 11.0. The van der Waals surface area contributed by atoms with Crippen LogP contribution in [0.25, 0.3) is 0 Å². The van der Waals surface area contributed by atoms with Gasteiger partial charge in [0.05, 0.1) is 7.11 Å². The van der Waals surface area contributed by atoms with Gasteiger partial charge in [-0.1, -0.05) is 23.9 Å². The quantitative estimate of drug-likeness (QED) is 0.671. The number of aryl methyl sites for hydroxylation is 1. The Morgan fingerprint density at radius 2 is 2.21 bits per heavy atom. The zero-order valence-corrected chi connectivity index (χ0v) is 11.9. The van der Waals surface area contributed by atoms with Crippen LogP contribution in [0.2, 0.25) is 0 Å². The lowest BCUT2D eigenvalue weighted by Crippen LogP contribution is -2.13. The number of methoxy groups -OCH3 is 1. The van der Waals surface area contributed by atoms with Gasteiger partial charge in [-0.25, -0.2) is 9.97 Å². The summed E-state index contributed by atoms with van der Waals surface area (Å²) >= 11 is 1.56. The highest BCUT2D eigenvalue weighted by atomic mass is 32.2. The van der Waals surface area contributed by atoms with Crippen LogP contribution < -0.4 is 10.5 Å². The van der Waals surface area contributed by atoms with Gasteiger partial charge in [-0.05, 0) is 30.7 Å². The lowest BCUT2D eigenvalue weighted by Gasteiger charge is -2.12. The molecule has 1 atom stereocenters. The minimum absolute atomic E-state index is 0.0655. The highest BCUT2D eigenvalue weighted by molar-refractivity contribution is 7.99. The maximum Gasteiger partial charge on any atom is 0.187 e. The Bertz CT molecular complexity index is 548. The van der Waals surface area contributed by atoms with E-state index >= 15 is 0 Å². The van der Waals surface area contributed by atoms with E-state index in [0.717, 1.165) is 27.9 Å². The van der Waals surface area contributed by atoms with Crippen molar-refractivity contribution in [3.8, 4) is 5.75 Å². The third kappa shape index (κ3) is 3.94. The van der Waals surface area contributed by atoms with Crippen LogP contribution in [0.1, 0.15) is 17.3 Å². The van der Waals surface area contributed by atoms with Gasteiger partial charge >= 0.3 is 0 Å². The van der Waals surface area contributed by atoms with Crippen LogP contribution in [0.4, 0.5) is 0 Å². The van der Waals surface area contributed by atoms with Crippen LogP contribution in [-0.2, 0) is 0 Å². The lowest BCUT2D eigenvalue weighted by molar-refractivity contribution is 0.414. The zero-order chi connectivity index (χ0) is 13.7.